The van der Waals surface area contributed by atoms with Gasteiger partial charge in [0.1, 0.15) is 23.9 Å². The first-order chi connectivity index (χ1) is 18.4. The molecule has 1 N–H and O–H groups in total. The summed E-state index contributed by atoms with van der Waals surface area (Å²) in [4.78, 5) is 30.5. The van der Waals surface area contributed by atoms with Crippen molar-refractivity contribution in [3.8, 4) is 11.5 Å². The molecule has 1 atom stereocenters. The number of aliphatic hydroxyl groups excluding tert-OH is 1. The van der Waals surface area contributed by atoms with Crippen LogP contribution in [0.1, 0.15) is 36.1 Å². The Hall–Kier alpha value is -3.62. The number of Topliss-reactive ketones (excluding diaryl/α,β-unsaturated/α-hetero) is 1. The van der Waals surface area contributed by atoms with Crippen molar-refractivity contribution in [3.63, 3.8) is 0 Å². The predicted octanol–water partition coefficient (Wildman–Crippen LogP) is 4.10. The van der Waals surface area contributed by atoms with Gasteiger partial charge in [-0.25, -0.2) is 0 Å². The van der Waals surface area contributed by atoms with E-state index in [0.717, 1.165) is 30.6 Å². The number of hydrogen-bond donors (Lipinski definition) is 1. The molecule has 2 saturated heterocycles. The Bertz CT molecular complexity index is 1180. The maximum absolute atomic E-state index is 13.4. The van der Waals surface area contributed by atoms with Crippen LogP contribution in [-0.4, -0.2) is 79.2 Å². The summed E-state index contributed by atoms with van der Waals surface area (Å²) in [6.07, 6.45) is 2.54. The van der Waals surface area contributed by atoms with E-state index in [4.69, 9.17) is 14.2 Å². The van der Waals surface area contributed by atoms with Crippen LogP contribution >= 0.6 is 0 Å². The number of nitrogens with zero attached hydrogens (tertiary/aromatic N) is 2. The van der Waals surface area contributed by atoms with Gasteiger partial charge in [0.25, 0.3) is 11.7 Å². The molecule has 8 heteroatoms. The molecule has 0 spiro atoms. The Kier molecular flexibility index (Phi) is 9.20. The topological polar surface area (TPSA) is 88.5 Å². The second-order valence-corrected chi connectivity index (χ2v) is 9.44. The number of hydrogen-bond acceptors (Lipinski definition) is 7. The van der Waals surface area contributed by atoms with E-state index in [0.29, 0.717) is 56.6 Å². The van der Waals surface area contributed by atoms with Crippen LogP contribution in [0.25, 0.3) is 5.76 Å². The SMILES string of the molecule is C=CCOc1ccc([C@@H]2C(=C(O)c3ccc(OCCC)cc3C)C(=O)C(=O)N2CCN2CCOCC2)cc1. The van der Waals surface area contributed by atoms with Crippen LogP contribution in [0.2, 0.25) is 0 Å². The standard InChI is InChI=1S/C30H36N2O6/c1-4-16-37-23-8-6-22(7-9-23)27-26(28(33)25-11-10-24(20-21(25)3)38-17-5-2)29(34)30(35)32(27)13-12-31-14-18-36-19-15-31/h4,6-11,20,27,33H,1,5,12-19H2,2-3H3/t27-/m1/s1. The molecule has 4 rings (SSSR count). The van der Waals surface area contributed by atoms with Crippen LogP contribution in [0.15, 0.2) is 60.7 Å². The number of likely N-dealkylation sites (tertiary alicyclic amines) is 1. The Morgan fingerprint density at radius 1 is 1.08 bits per heavy atom. The number of carbonyl (C=O) groups is 2. The fraction of sp³-hybridized carbons (Fsp3) is 0.400. The van der Waals surface area contributed by atoms with E-state index in [1.807, 2.05) is 32.0 Å². The lowest BCUT2D eigenvalue weighted by molar-refractivity contribution is -0.140. The molecule has 2 aliphatic rings. The summed E-state index contributed by atoms with van der Waals surface area (Å²) in [6, 6.07) is 11.9. The van der Waals surface area contributed by atoms with Gasteiger partial charge in [0, 0.05) is 31.7 Å². The molecule has 2 aliphatic heterocycles. The van der Waals surface area contributed by atoms with Crippen LogP contribution in [-0.2, 0) is 14.3 Å². The molecule has 2 heterocycles. The summed E-state index contributed by atoms with van der Waals surface area (Å²) in [6.45, 7) is 12.3. The van der Waals surface area contributed by atoms with E-state index in [-0.39, 0.29) is 11.3 Å². The van der Waals surface area contributed by atoms with Crippen molar-refractivity contribution in [3.05, 3.63) is 77.4 Å². The summed E-state index contributed by atoms with van der Waals surface area (Å²) in [5, 5.41) is 11.5. The third-order valence-corrected chi connectivity index (χ3v) is 6.79. The van der Waals surface area contributed by atoms with E-state index in [2.05, 4.69) is 11.5 Å². The molecule has 0 aromatic heterocycles. The summed E-state index contributed by atoms with van der Waals surface area (Å²) >= 11 is 0. The minimum atomic E-state index is -0.722. The Balaban J connectivity index is 1.71. The van der Waals surface area contributed by atoms with Crippen molar-refractivity contribution < 1.29 is 28.9 Å². The van der Waals surface area contributed by atoms with Gasteiger partial charge in [0.15, 0.2) is 0 Å². The number of carbonyl (C=O) groups excluding carboxylic acids is 2. The smallest absolute Gasteiger partial charge is 0.295 e. The number of rotatable bonds is 11. The summed E-state index contributed by atoms with van der Waals surface area (Å²) in [5.74, 6) is -0.144. The van der Waals surface area contributed by atoms with Gasteiger partial charge in [-0.1, -0.05) is 31.7 Å². The summed E-state index contributed by atoms with van der Waals surface area (Å²) in [5.41, 5.74) is 2.06. The van der Waals surface area contributed by atoms with E-state index >= 15 is 0 Å². The first-order valence-electron chi connectivity index (χ1n) is 13.1. The quantitative estimate of drug-likeness (QED) is 0.207. The Labute approximate surface area is 224 Å². The normalized spacial score (nSPS) is 19.5. The lowest BCUT2D eigenvalue weighted by Gasteiger charge is -2.31. The fourth-order valence-corrected chi connectivity index (χ4v) is 4.79. The average molecular weight is 521 g/mol. The lowest BCUT2D eigenvalue weighted by Crippen LogP contribution is -2.42. The highest BCUT2D eigenvalue weighted by molar-refractivity contribution is 6.46. The molecular weight excluding hydrogens is 484 g/mol. The number of morpholine rings is 1. The third kappa shape index (κ3) is 6.09. The van der Waals surface area contributed by atoms with Gasteiger partial charge in [-0.3, -0.25) is 14.5 Å². The maximum Gasteiger partial charge on any atom is 0.295 e. The molecule has 0 radical (unpaired) electrons. The van der Waals surface area contributed by atoms with Crippen LogP contribution in [0.4, 0.5) is 0 Å². The molecule has 0 aliphatic carbocycles. The van der Waals surface area contributed by atoms with Crippen LogP contribution in [0.5, 0.6) is 11.5 Å². The lowest BCUT2D eigenvalue weighted by atomic mass is 9.94. The minimum Gasteiger partial charge on any atom is -0.507 e. The van der Waals surface area contributed by atoms with Crippen molar-refractivity contribution in [2.75, 3.05) is 52.6 Å². The zero-order valence-corrected chi connectivity index (χ0v) is 22.2. The number of amides is 1. The van der Waals surface area contributed by atoms with Gasteiger partial charge < -0.3 is 24.2 Å². The fourth-order valence-electron chi connectivity index (χ4n) is 4.79. The molecular formula is C30H36N2O6. The zero-order chi connectivity index (χ0) is 27.1. The van der Waals surface area contributed by atoms with Crippen molar-refractivity contribution in [2.45, 2.75) is 26.3 Å². The van der Waals surface area contributed by atoms with E-state index in [1.165, 1.54) is 0 Å². The molecule has 1 amide bonds. The summed E-state index contributed by atoms with van der Waals surface area (Å²) < 4.78 is 16.8. The zero-order valence-electron chi connectivity index (χ0n) is 22.2. The molecule has 8 nitrogen and oxygen atoms in total. The monoisotopic (exact) mass is 520 g/mol. The number of aryl methyl sites for hydroxylation is 1. The van der Waals surface area contributed by atoms with Gasteiger partial charge in [-0.15, -0.1) is 0 Å². The number of benzene rings is 2. The Morgan fingerprint density at radius 2 is 1.79 bits per heavy atom. The van der Waals surface area contributed by atoms with Crippen LogP contribution < -0.4 is 9.47 Å². The molecule has 2 fully saturated rings. The second-order valence-electron chi connectivity index (χ2n) is 9.44. The molecule has 38 heavy (non-hydrogen) atoms. The predicted molar refractivity (Wildman–Crippen MR) is 145 cm³/mol. The third-order valence-electron chi connectivity index (χ3n) is 6.79. The van der Waals surface area contributed by atoms with Gasteiger partial charge in [-0.05, 0) is 54.8 Å². The number of ether oxygens (including phenoxy) is 3. The van der Waals surface area contributed by atoms with Gasteiger partial charge in [0.2, 0.25) is 0 Å². The highest BCUT2D eigenvalue weighted by Gasteiger charge is 2.46. The van der Waals surface area contributed by atoms with Crippen LogP contribution in [0, 0.1) is 6.92 Å². The first kappa shape index (κ1) is 27.4. The summed E-state index contributed by atoms with van der Waals surface area (Å²) in [7, 11) is 0. The second kappa shape index (κ2) is 12.8. The number of ketones is 1. The van der Waals surface area contributed by atoms with Gasteiger partial charge in [-0.2, -0.15) is 0 Å². The highest BCUT2D eigenvalue weighted by Crippen LogP contribution is 2.40. The molecule has 0 unspecified atom stereocenters. The van der Waals surface area contributed by atoms with Crippen molar-refractivity contribution in [1.82, 2.24) is 9.80 Å². The van der Waals surface area contributed by atoms with E-state index in [1.54, 1.807) is 35.2 Å². The van der Waals surface area contributed by atoms with E-state index < -0.39 is 17.7 Å². The molecule has 2 aromatic carbocycles. The molecule has 202 valence electrons. The van der Waals surface area contributed by atoms with Gasteiger partial charge in [0.05, 0.1) is 31.4 Å². The van der Waals surface area contributed by atoms with Gasteiger partial charge >= 0.3 is 0 Å². The largest absolute Gasteiger partial charge is 0.507 e. The highest BCUT2D eigenvalue weighted by atomic mass is 16.5. The first-order valence-corrected chi connectivity index (χ1v) is 13.1. The van der Waals surface area contributed by atoms with Crippen molar-refractivity contribution in [1.29, 1.82) is 0 Å². The minimum absolute atomic E-state index is 0.0852. The Morgan fingerprint density at radius 3 is 2.45 bits per heavy atom. The van der Waals surface area contributed by atoms with Crippen molar-refractivity contribution in [2.24, 2.45) is 0 Å². The molecule has 0 bridgehead atoms. The maximum atomic E-state index is 13.4. The number of aliphatic hydroxyl groups is 1. The average Bonchev–Trinajstić information content (AvgIpc) is 3.19. The van der Waals surface area contributed by atoms with Crippen LogP contribution in [0.3, 0.4) is 0 Å². The van der Waals surface area contributed by atoms with Crippen molar-refractivity contribution >= 4 is 17.4 Å². The molecule has 2 aromatic rings. The van der Waals surface area contributed by atoms with E-state index in [9.17, 15) is 14.7 Å². The molecule has 0 saturated carbocycles.